The van der Waals surface area contributed by atoms with Crippen LogP contribution in [0.1, 0.15) is 6.92 Å². The van der Waals surface area contributed by atoms with E-state index < -0.39 is 133 Å². The molecule has 0 bridgehead atoms. The molecule has 0 rings (SSSR count). The van der Waals surface area contributed by atoms with Crippen molar-refractivity contribution in [3.63, 3.8) is 0 Å². The maximum atomic E-state index is 9.60. The van der Waals surface area contributed by atoms with Gasteiger partial charge < -0.3 is 107 Å². The van der Waals surface area contributed by atoms with Crippen LogP contribution in [0.5, 0.6) is 0 Å². The van der Waals surface area contributed by atoms with E-state index in [-0.39, 0.29) is 5.57 Å². The summed E-state index contributed by atoms with van der Waals surface area (Å²) in [5.41, 5.74) is 0.176. The van der Waals surface area contributed by atoms with Crippen LogP contribution >= 0.6 is 0 Å². The molecule has 0 saturated carbocycles. The first-order valence-electron chi connectivity index (χ1n) is 13.0. The molecule has 0 aromatic heterocycles. The number of rotatable bonds is 16. The molecule has 284 valence electrons. The number of aliphatic hydroxyl groups is 20. The first-order valence-corrected chi connectivity index (χ1v) is 13.0. The smallest absolute Gasteiger partial charge is 0.330 e. The predicted octanol–water partition coefficient (Wildman–Crippen LogP) is -10.9. The molecule has 21 N–H and O–H groups in total. The average Bonchev–Trinajstić information content (AvgIpc) is 3.08. The maximum Gasteiger partial charge on any atom is 0.330 e. The minimum absolute atomic E-state index is 0.176. The predicted molar refractivity (Wildman–Crippen MR) is 153 cm³/mol. The van der Waals surface area contributed by atoms with E-state index in [4.69, 9.17) is 107 Å². The first-order chi connectivity index (χ1) is 21.2. The first kappa shape index (κ1) is 56.7. The Labute approximate surface area is 264 Å². The number of aliphatic hydroxyl groups excluding tert-OH is 20. The van der Waals surface area contributed by atoms with Crippen molar-refractivity contribution in [2.24, 2.45) is 0 Å². The lowest BCUT2D eigenvalue weighted by molar-refractivity contribution is -0.132. The second kappa shape index (κ2) is 39.6. The highest BCUT2D eigenvalue weighted by molar-refractivity contribution is 5.84. The van der Waals surface area contributed by atoms with Crippen molar-refractivity contribution in [3.05, 3.63) is 12.2 Å². The van der Waals surface area contributed by atoms with Gasteiger partial charge in [0.05, 0.1) is 66.1 Å². The molecule has 0 saturated heterocycles. The Morgan fingerprint density at radius 3 is 0.457 bits per heavy atom. The fourth-order valence-corrected chi connectivity index (χ4v) is 1.22. The topological polar surface area (TPSA) is 442 Å². The van der Waals surface area contributed by atoms with Crippen LogP contribution in [-0.4, -0.2) is 240 Å². The molecule has 0 radical (unpaired) electrons. The quantitative estimate of drug-likeness (QED) is 0.0666. The number of hydrogen-bond acceptors (Lipinski definition) is 21. The summed E-state index contributed by atoms with van der Waals surface area (Å²) in [6.07, 6.45) is -12.2. The van der Waals surface area contributed by atoms with E-state index in [1.807, 2.05) is 0 Å². The third kappa shape index (κ3) is 40.4. The van der Waals surface area contributed by atoms with Crippen LogP contribution in [0, 0.1) is 0 Å². The minimum Gasteiger partial charge on any atom is -0.478 e. The van der Waals surface area contributed by atoms with E-state index in [1.54, 1.807) is 0 Å². The molecule has 22 heteroatoms. The van der Waals surface area contributed by atoms with Crippen molar-refractivity contribution in [2.75, 3.05) is 66.1 Å². The summed E-state index contributed by atoms with van der Waals surface area (Å²) in [6.45, 7) is -0.659. The summed E-state index contributed by atoms with van der Waals surface area (Å²) in [5.74, 6) is -0.935. The molecule has 0 aromatic rings. The Bertz CT molecular complexity index is 486. The molecule has 0 heterocycles. The van der Waals surface area contributed by atoms with E-state index in [9.17, 15) is 4.79 Å². The van der Waals surface area contributed by atoms with Gasteiger partial charge in [-0.05, 0) is 6.92 Å². The van der Waals surface area contributed by atoms with Crippen LogP contribution in [0.4, 0.5) is 0 Å². The highest BCUT2D eigenvalue weighted by Crippen LogP contribution is 1.91. The Balaban J connectivity index is -0.000000105. The molecular weight excluding hydrogens is 640 g/mol. The highest BCUT2D eigenvalue weighted by Gasteiger charge is 2.14. The summed E-state index contributed by atoms with van der Waals surface area (Å²) in [4.78, 5) is 9.60. The van der Waals surface area contributed by atoms with Gasteiger partial charge in [-0.25, -0.2) is 4.79 Å². The molecule has 0 aliphatic rings. The minimum atomic E-state index is -1.22. The lowest BCUT2D eigenvalue weighted by Crippen LogP contribution is -2.31. The zero-order valence-corrected chi connectivity index (χ0v) is 25.4. The lowest BCUT2D eigenvalue weighted by atomic mass is 10.2. The summed E-state index contributed by atoms with van der Waals surface area (Å²) in [7, 11) is 0. The van der Waals surface area contributed by atoms with E-state index >= 15 is 0 Å². The molecule has 0 amide bonds. The Kier molecular flexibility index (Phi) is 48.8. The van der Waals surface area contributed by atoms with Gasteiger partial charge in [0.15, 0.2) is 0 Å². The normalized spacial score (nSPS) is 16.6. The number of aliphatic carboxylic acids is 1. The number of carboxylic acid groups (broad SMARTS) is 1. The van der Waals surface area contributed by atoms with E-state index in [2.05, 4.69) is 6.58 Å². The average molecular weight is 697 g/mol. The molecule has 22 nitrogen and oxygen atoms in total. The Morgan fingerprint density at radius 2 is 0.435 bits per heavy atom. The summed E-state index contributed by atoms with van der Waals surface area (Å²) in [6, 6.07) is 0. The monoisotopic (exact) mass is 696 g/mol. The van der Waals surface area contributed by atoms with Gasteiger partial charge in [0.1, 0.15) is 61.0 Å². The van der Waals surface area contributed by atoms with Crippen molar-refractivity contribution in [2.45, 2.75) is 68.0 Å². The van der Waals surface area contributed by atoms with E-state index in [1.165, 1.54) is 6.92 Å². The maximum absolute atomic E-state index is 9.60. The zero-order chi connectivity index (χ0) is 38.0. The largest absolute Gasteiger partial charge is 0.478 e. The van der Waals surface area contributed by atoms with Gasteiger partial charge in [0.2, 0.25) is 0 Å². The number of carboxylic acids is 1. The lowest BCUT2D eigenvalue weighted by Gasteiger charge is -2.10. The van der Waals surface area contributed by atoms with Crippen LogP contribution in [-0.2, 0) is 4.79 Å². The molecule has 10 atom stereocenters. The van der Waals surface area contributed by atoms with Gasteiger partial charge in [-0.1, -0.05) is 6.58 Å². The molecule has 0 aliphatic carbocycles. The van der Waals surface area contributed by atoms with Crippen LogP contribution in [0.25, 0.3) is 0 Å². The third-order valence-electron chi connectivity index (χ3n) is 4.46. The second-order valence-electron chi connectivity index (χ2n) is 8.58. The molecule has 0 aliphatic heterocycles. The summed E-state index contributed by atoms with van der Waals surface area (Å²) >= 11 is 0. The summed E-state index contributed by atoms with van der Waals surface area (Å²) < 4.78 is 0. The molecule has 0 aromatic carbocycles. The van der Waals surface area contributed by atoms with Crippen LogP contribution in [0.2, 0.25) is 0 Å². The third-order valence-corrected chi connectivity index (χ3v) is 4.46. The molecule has 0 fully saturated rings. The van der Waals surface area contributed by atoms with Gasteiger partial charge in [-0.15, -0.1) is 0 Å². The van der Waals surface area contributed by atoms with Gasteiger partial charge in [-0.2, -0.15) is 0 Å². The van der Waals surface area contributed by atoms with Crippen molar-refractivity contribution in [1.82, 2.24) is 0 Å². The van der Waals surface area contributed by atoms with Gasteiger partial charge in [0, 0.05) is 5.57 Å². The van der Waals surface area contributed by atoms with Crippen molar-refractivity contribution in [1.29, 1.82) is 0 Å². The van der Waals surface area contributed by atoms with Gasteiger partial charge in [0.25, 0.3) is 0 Å². The Hall–Kier alpha value is -1.59. The van der Waals surface area contributed by atoms with E-state index in [0.717, 1.165) is 0 Å². The van der Waals surface area contributed by atoms with E-state index in [0.29, 0.717) is 0 Å². The van der Waals surface area contributed by atoms with Gasteiger partial charge >= 0.3 is 5.97 Å². The summed E-state index contributed by atoms with van der Waals surface area (Å²) in [5, 5.41) is 174. The van der Waals surface area contributed by atoms with Crippen molar-refractivity contribution < 1.29 is 112 Å². The molecule has 46 heavy (non-hydrogen) atoms. The van der Waals surface area contributed by atoms with Crippen molar-refractivity contribution >= 4 is 5.97 Å². The molecule has 0 unspecified atom stereocenters. The van der Waals surface area contributed by atoms with Gasteiger partial charge in [-0.3, -0.25) is 0 Å². The zero-order valence-electron chi connectivity index (χ0n) is 25.4. The number of hydrogen-bond donors (Lipinski definition) is 21. The van der Waals surface area contributed by atoms with Crippen LogP contribution in [0.15, 0.2) is 12.2 Å². The second-order valence-corrected chi connectivity index (χ2v) is 8.58. The van der Waals surface area contributed by atoms with Crippen LogP contribution in [0.3, 0.4) is 0 Å². The standard InChI is InChI=1S/5C4H10O4.C4H6O2/c5*5-1-3(7)4(8)2-6;1-3(2)4(5)6/h5*3-8H,1-2H2;1H2,2H3,(H,5,6)/t5*3-,4+;. The fraction of sp³-hybridized carbons (Fsp3) is 0.875. The SMILES string of the molecule is C=C(C)C(=O)O.OC[C@@H](O)[C@@H](O)CO.OC[C@@H](O)[C@@H](O)CO.OC[C@@H](O)[C@@H](O)CO.OC[C@@H](O)[C@@H](O)CO.OC[C@@H](O)[C@@H](O)CO. The Morgan fingerprint density at radius 1 is 0.370 bits per heavy atom. The molecule has 0 spiro atoms. The fourth-order valence-electron chi connectivity index (χ4n) is 1.22. The highest BCUT2D eigenvalue weighted by atomic mass is 16.4. The number of carbonyl (C=O) groups is 1. The molecular formula is C24H56O22. The van der Waals surface area contributed by atoms with Crippen molar-refractivity contribution in [3.8, 4) is 0 Å². The van der Waals surface area contributed by atoms with Crippen LogP contribution < -0.4 is 0 Å².